The molecule has 2 heterocycles. The molecule has 0 amide bonds. The number of methoxy groups -OCH3 is 1. The third kappa shape index (κ3) is 6.89. The number of terminal acetylenes is 1. The van der Waals surface area contributed by atoms with E-state index in [1.165, 1.54) is 16.8 Å². The third-order valence-electron chi connectivity index (χ3n) is 8.11. The zero-order chi connectivity index (χ0) is 32.6. The molecule has 0 spiro atoms. The number of aromatic amines is 1. The second kappa shape index (κ2) is 14.8. The van der Waals surface area contributed by atoms with Crippen molar-refractivity contribution in [3.8, 4) is 18.1 Å². The summed E-state index contributed by atoms with van der Waals surface area (Å²) >= 11 is -0.207. The van der Waals surface area contributed by atoms with E-state index in [-0.39, 0.29) is 33.0 Å². The van der Waals surface area contributed by atoms with Gasteiger partial charge in [-0.15, -0.1) is 0 Å². The Balaban J connectivity index is 1.44. The zero-order valence-electron chi connectivity index (χ0n) is 25.7. The van der Waals surface area contributed by atoms with E-state index in [9.17, 15) is 9.59 Å². The molecule has 4 aromatic carbocycles. The molecule has 9 heteroatoms. The first-order valence-electron chi connectivity index (χ1n) is 15.2. The average Bonchev–Trinajstić information content (AvgIpc) is 3.45. The van der Waals surface area contributed by atoms with E-state index in [0.717, 1.165) is 26.9 Å². The summed E-state index contributed by atoms with van der Waals surface area (Å²) in [6.45, 7) is 0.154. The maximum atomic E-state index is 13.1. The molecule has 4 atom stereocenters. The van der Waals surface area contributed by atoms with Crippen LogP contribution in [0.3, 0.4) is 0 Å². The van der Waals surface area contributed by atoms with Crippen molar-refractivity contribution in [3.05, 3.63) is 165 Å². The Morgan fingerprint density at radius 2 is 1.45 bits per heavy atom. The molecular formula is C38H34N2O6Se. The summed E-state index contributed by atoms with van der Waals surface area (Å²) in [6, 6.07) is 39.3. The van der Waals surface area contributed by atoms with Gasteiger partial charge in [0.2, 0.25) is 0 Å². The van der Waals surface area contributed by atoms with Crippen molar-refractivity contribution >= 4 is 19.4 Å². The normalized spacial score (nSPS) is 19.2. The van der Waals surface area contributed by atoms with Gasteiger partial charge in [-0.1, -0.05) is 0 Å². The molecule has 1 aromatic heterocycles. The molecule has 6 rings (SSSR count). The Bertz CT molecular complexity index is 1870. The fourth-order valence-corrected chi connectivity index (χ4v) is 8.74. The summed E-state index contributed by atoms with van der Waals surface area (Å²) in [6.07, 6.45) is 5.28. The molecule has 1 saturated heterocycles. The molecular weight excluding hydrogens is 659 g/mol. The van der Waals surface area contributed by atoms with Crippen LogP contribution in [0.2, 0.25) is 4.82 Å². The van der Waals surface area contributed by atoms with Gasteiger partial charge in [0.1, 0.15) is 0 Å². The molecule has 1 N–H and O–H groups in total. The topological polar surface area (TPSA) is 91.8 Å². The summed E-state index contributed by atoms with van der Waals surface area (Å²) < 4.78 is 28.2. The predicted octanol–water partition coefficient (Wildman–Crippen LogP) is 4.29. The first kappa shape index (κ1) is 32.3. The van der Waals surface area contributed by atoms with Crippen LogP contribution in [0.1, 0.15) is 22.9 Å². The van der Waals surface area contributed by atoms with Crippen molar-refractivity contribution in [3.63, 3.8) is 0 Å². The van der Waals surface area contributed by atoms with Crippen LogP contribution in [-0.4, -0.2) is 57.0 Å². The van der Waals surface area contributed by atoms with E-state index in [1.807, 2.05) is 115 Å². The van der Waals surface area contributed by atoms with E-state index in [0.29, 0.717) is 0 Å². The fraction of sp³-hybridized carbons (Fsp3) is 0.211. The van der Waals surface area contributed by atoms with Gasteiger partial charge in [0.15, 0.2) is 0 Å². The van der Waals surface area contributed by atoms with E-state index in [2.05, 4.69) is 10.9 Å². The van der Waals surface area contributed by atoms with Crippen molar-refractivity contribution in [1.29, 1.82) is 0 Å². The van der Waals surface area contributed by atoms with E-state index < -0.39 is 35.3 Å². The molecule has 1 aliphatic heterocycles. The quantitative estimate of drug-likeness (QED) is 0.119. The first-order chi connectivity index (χ1) is 23.0. The Hall–Kier alpha value is -4.68. The minimum absolute atomic E-state index is 0.0557. The van der Waals surface area contributed by atoms with Crippen molar-refractivity contribution in [2.24, 2.45) is 0 Å². The van der Waals surface area contributed by atoms with Crippen LogP contribution in [-0.2, 0) is 19.8 Å². The average molecular weight is 694 g/mol. The number of rotatable bonds is 12. The number of nitrogens with zero attached hydrogens (tertiary/aromatic N) is 1. The number of benzene rings is 4. The summed E-state index contributed by atoms with van der Waals surface area (Å²) in [4.78, 5) is 27.2. The molecule has 5 aromatic rings. The second-order valence-corrected chi connectivity index (χ2v) is 13.5. The minimum atomic E-state index is -1.04. The van der Waals surface area contributed by atoms with Gasteiger partial charge in [-0.2, -0.15) is 0 Å². The molecule has 8 nitrogen and oxygen atoms in total. The third-order valence-corrected chi connectivity index (χ3v) is 10.9. The van der Waals surface area contributed by atoms with E-state index in [4.69, 9.17) is 25.4 Å². The standard InChI is InChI=1S/C38H34N2O6Se/c1-3-25-44-34-32(46-36(40-24-23-33(41)39-37(40)42)35(34)47-31-17-11-6-12-18-31)26-45-38(27-13-7-4-8-14-27,28-15-9-5-10-16-28)29-19-21-30(43-2)22-20-29/h1,4-24,32,34-36H,25-26H2,2H3,(H,39,41,42)/t32-,34-,35-,36-/m1/s1. The van der Waals surface area contributed by atoms with Gasteiger partial charge >= 0.3 is 280 Å². The van der Waals surface area contributed by atoms with Crippen LogP contribution in [0.4, 0.5) is 0 Å². The zero-order valence-corrected chi connectivity index (χ0v) is 27.4. The second-order valence-electron chi connectivity index (χ2n) is 10.9. The molecule has 0 bridgehead atoms. The monoisotopic (exact) mass is 694 g/mol. The fourth-order valence-electron chi connectivity index (χ4n) is 5.95. The predicted molar refractivity (Wildman–Crippen MR) is 181 cm³/mol. The van der Waals surface area contributed by atoms with Crippen molar-refractivity contribution in [1.82, 2.24) is 9.55 Å². The Morgan fingerprint density at radius 1 is 0.851 bits per heavy atom. The molecule has 1 aliphatic rings. The summed E-state index contributed by atoms with van der Waals surface area (Å²) in [7, 11) is 1.64. The molecule has 238 valence electrons. The van der Waals surface area contributed by atoms with Crippen LogP contribution < -0.4 is 20.4 Å². The van der Waals surface area contributed by atoms with Gasteiger partial charge in [-0.3, -0.25) is 0 Å². The van der Waals surface area contributed by atoms with Crippen molar-refractivity contribution in [2.75, 3.05) is 20.3 Å². The number of H-pyrrole nitrogens is 1. The van der Waals surface area contributed by atoms with Gasteiger partial charge in [0, 0.05) is 0 Å². The number of hydrogen-bond acceptors (Lipinski definition) is 6. The SMILES string of the molecule is C#CCO[C@H]1[C@@H]([Se]c2ccccc2)[C@H](n2ccc(=O)[nH]c2=O)O[C@@H]1COC(c1ccccc1)(c1ccccc1)c1ccc(OC)cc1. The van der Waals surface area contributed by atoms with E-state index in [1.54, 1.807) is 7.11 Å². The molecule has 0 saturated carbocycles. The van der Waals surface area contributed by atoms with Crippen LogP contribution in [0, 0.1) is 12.3 Å². The number of nitrogens with one attached hydrogen (secondary N) is 1. The molecule has 0 aliphatic carbocycles. The Morgan fingerprint density at radius 3 is 2.02 bits per heavy atom. The summed E-state index contributed by atoms with van der Waals surface area (Å²) in [5, 5.41) is 0. The molecule has 47 heavy (non-hydrogen) atoms. The number of aromatic nitrogens is 2. The van der Waals surface area contributed by atoms with Crippen molar-refractivity contribution in [2.45, 2.75) is 28.9 Å². The van der Waals surface area contributed by atoms with Crippen LogP contribution in [0.15, 0.2) is 137 Å². The van der Waals surface area contributed by atoms with Crippen molar-refractivity contribution < 1.29 is 18.9 Å². The molecule has 1 fully saturated rings. The molecule has 0 radical (unpaired) electrons. The number of ether oxygens (including phenoxy) is 4. The number of hydrogen-bond donors (Lipinski definition) is 1. The first-order valence-corrected chi connectivity index (χ1v) is 17.0. The van der Waals surface area contributed by atoms with Gasteiger partial charge in [-0.05, 0) is 0 Å². The maximum absolute atomic E-state index is 13.1. The van der Waals surface area contributed by atoms with Gasteiger partial charge in [0.05, 0.1) is 0 Å². The van der Waals surface area contributed by atoms with Crippen LogP contribution in [0.5, 0.6) is 5.75 Å². The Labute approximate surface area is 279 Å². The van der Waals surface area contributed by atoms with E-state index >= 15 is 0 Å². The molecule has 0 unspecified atom stereocenters. The van der Waals surface area contributed by atoms with Gasteiger partial charge < -0.3 is 0 Å². The summed E-state index contributed by atoms with van der Waals surface area (Å²) in [5.41, 5.74) is 0.664. The van der Waals surface area contributed by atoms with Gasteiger partial charge in [-0.25, -0.2) is 0 Å². The summed E-state index contributed by atoms with van der Waals surface area (Å²) in [5.74, 6) is 3.32. The van der Waals surface area contributed by atoms with Crippen LogP contribution in [0.25, 0.3) is 0 Å². The van der Waals surface area contributed by atoms with Gasteiger partial charge in [0.25, 0.3) is 0 Å². The Kier molecular flexibility index (Phi) is 10.2. The van der Waals surface area contributed by atoms with Crippen LogP contribution >= 0.6 is 0 Å².